The first kappa shape index (κ1) is 12.5. The van der Waals surface area contributed by atoms with Crippen molar-refractivity contribution in [3.05, 3.63) is 11.0 Å². The van der Waals surface area contributed by atoms with Gasteiger partial charge in [-0.2, -0.15) is 0 Å². The number of ether oxygens (including phenoxy) is 1. The molecule has 2 rings (SSSR count). The van der Waals surface area contributed by atoms with Gasteiger partial charge in [0, 0.05) is 19.5 Å². The van der Waals surface area contributed by atoms with Crippen molar-refractivity contribution in [2.24, 2.45) is 0 Å². The molecule has 0 spiro atoms. The Morgan fingerprint density at radius 1 is 1.29 bits per heavy atom. The molecule has 0 unspecified atom stereocenters. The highest BCUT2D eigenvalue weighted by atomic mass is 35.5. The molecule has 2 heterocycles. The van der Waals surface area contributed by atoms with Gasteiger partial charge >= 0.3 is 0 Å². The van der Waals surface area contributed by atoms with E-state index in [1.54, 1.807) is 0 Å². The zero-order valence-corrected chi connectivity index (χ0v) is 10.4. The van der Waals surface area contributed by atoms with Gasteiger partial charge in [-0.1, -0.05) is 11.6 Å². The van der Waals surface area contributed by atoms with Crippen molar-refractivity contribution in [3.8, 4) is 0 Å². The maximum atomic E-state index is 5.65. The van der Waals surface area contributed by atoms with Crippen molar-refractivity contribution < 1.29 is 4.74 Å². The summed E-state index contributed by atoms with van der Waals surface area (Å²) in [6.07, 6.45) is 1.76. The van der Waals surface area contributed by atoms with Gasteiger partial charge in [-0.25, -0.2) is 4.98 Å². The molecule has 1 aromatic rings. The topological polar surface area (TPSA) is 77.2 Å². The first-order chi connectivity index (χ1) is 8.25. The van der Waals surface area contributed by atoms with Gasteiger partial charge in [-0.15, -0.1) is 10.2 Å². The smallest absolute Gasteiger partial charge is 0.193 e. The molecule has 0 saturated carbocycles. The van der Waals surface area contributed by atoms with E-state index in [9.17, 15) is 0 Å². The normalized spacial score (nSPS) is 17.2. The van der Waals surface area contributed by atoms with Crippen molar-refractivity contribution in [1.82, 2.24) is 20.1 Å². The van der Waals surface area contributed by atoms with Crippen LogP contribution in [0.25, 0.3) is 0 Å². The summed E-state index contributed by atoms with van der Waals surface area (Å²) in [6, 6.07) is 0. The SMILES string of the molecule is Nc1nc(CCCN2CCOCC2)nnc1Cl. The average molecular weight is 258 g/mol. The number of rotatable bonds is 4. The zero-order valence-electron chi connectivity index (χ0n) is 9.60. The Labute approximate surface area is 105 Å². The molecule has 1 saturated heterocycles. The van der Waals surface area contributed by atoms with Crippen LogP contribution in [0, 0.1) is 0 Å². The number of aromatic nitrogens is 3. The fraction of sp³-hybridized carbons (Fsp3) is 0.700. The van der Waals surface area contributed by atoms with Crippen LogP contribution in [-0.2, 0) is 11.2 Å². The molecule has 94 valence electrons. The molecule has 0 aromatic carbocycles. The Kier molecular flexibility index (Phi) is 4.47. The van der Waals surface area contributed by atoms with E-state index in [0.29, 0.717) is 5.82 Å². The summed E-state index contributed by atoms with van der Waals surface area (Å²) in [5.41, 5.74) is 5.56. The maximum absolute atomic E-state index is 5.65. The number of nitrogens with zero attached hydrogens (tertiary/aromatic N) is 4. The first-order valence-electron chi connectivity index (χ1n) is 5.70. The third kappa shape index (κ3) is 3.76. The molecule has 7 heteroatoms. The van der Waals surface area contributed by atoms with Crippen molar-refractivity contribution >= 4 is 17.4 Å². The summed E-state index contributed by atoms with van der Waals surface area (Å²) in [5, 5.41) is 7.81. The molecule has 1 aliphatic rings. The van der Waals surface area contributed by atoms with Crippen molar-refractivity contribution in [1.29, 1.82) is 0 Å². The van der Waals surface area contributed by atoms with Gasteiger partial charge in [-0.3, -0.25) is 4.90 Å². The maximum Gasteiger partial charge on any atom is 0.193 e. The van der Waals surface area contributed by atoms with Crippen LogP contribution in [0.1, 0.15) is 12.2 Å². The molecular formula is C10H16ClN5O. The molecule has 0 amide bonds. The minimum absolute atomic E-state index is 0.168. The summed E-state index contributed by atoms with van der Waals surface area (Å²) in [6.45, 7) is 4.68. The van der Waals surface area contributed by atoms with Crippen LogP contribution < -0.4 is 5.73 Å². The predicted octanol–water partition coefficient (Wildman–Crippen LogP) is 0.372. The highest BCUT2D eigenvalue weighted by molar-refractivity contribution is 6.31. The van der Waals surface area contributed by atoms with Gasteiger partial charge in [0.05, 0.1) is 13.2 Å². The monoisotopic (exact) mass is 257 g/mol. The molecule has 0 aliphatic carbocycles. The lowest BCUT2D eigenvalue weighted by Crippen LogP contribution is -2.37. The summed E-state index contributed by atoms with van der Waals surface area (Å²) >= 11 is 5.65. The van der Waals surface area contributed by atoms with E-state index in [1.807, 2.05) is 0 Å². The van der Waals surface area contributed by atoms with Crippen LogP contribution in [0.15, 0.2) is 0 Å². The molecule has 0 atom stereocenters. The minimum Gasteiger partial charge on any atom is -0.381 e. The standard InChI is InChI=1S/C10H16ClN5O/c11-9-10(12)13-8(14-15-9)2-1-3-16-4-6-17-7-5-16/h1-7H2,(H2,12,13,14). The largest absolute Gasteiger partial charge is 0.381 e. The molecule has 1 fully saturated rings. The Morgan fingerprint density at radius 2 is 2.06 bits per heavy atom. The average Bonchev–Trinajstić information content (AvgIpc) is 2.35. The van der Waals surface area contributed by atoms with Gasteiger partial charge in [-0.05, 0) is 13.0 Å². The molecule has 0 radical (unpaired) electrons. The van der Waals surface area contributed by atoms with Crippen molar-refractivity contribution in [3.63, 3.8) is 0 Å². The fourth-order valence-electron chi connectivity index (χ4n) is 1.75. The molecule has 1 aromatic heterocycles. The van der Waals surface area contributed by atoms with Gasteiger partial charge in [0.1, 0.15) is 0 Å². The van der Waals surface area contributed by atoms with Crippen LogP contribution >= 0.6 is 11.6 Å². The number of halogens is 1. The zero-order chi connectivity index (χ0) is 12.1. The fourth-order valence-corrected chi connectivity index (χ4v) is 1.83. The summed E-state index contributed by atoms with van der Waals surface area (Å²) in [5.74, 6) is 0.906. The van der Waals surface area contributed by atoms with Gasteiger partial charge < -0.3 is 10.5 Å². The molecule has 2 N–H and O–H groups in total. The Hall–Kier alpha value is -0.980. The second-order valence-corrected chi connectivity index (χ2v) is 4.32. The summed E-state index contributed by atoms with van der Waals surface area (Å²) < 4.78 is 5.29. The van der Waals surface area contributed by atoms with Gasteiger partial charge in [0.15, 0.2) is 16.8 Å². The lowest BCUT2D eigenvalue weighted by atomic mass is 10.2. The summed E-state index contributed by atoms with van der Waals surface area (Å²) in [4.78, 5) is 6.46. The predicted molar refractivity (Wildman–Crippen MR) is 64.8 cm³/mol. The van der Waals surface area contributed by atoms with Gasteiger partial charge in [0.25, 0.3) is 0 Å². The Balaban J connectivity index is 1.75. The van der Waals surface area contributed by atoms with Crippen molar-refractivity contribution in [2.75, 3.05) is 38.6 Å². The number of nitrogen functional groups attached to an aromatic ring is 1. The van der Waals surface area contributed by atoms with Crippen LogP contribution in [0.2, 0.25) is 5.15 Å². The second-order valence-electron chi connectivity index (χ2n) is 3.96. The number of hydrogen-bond donors (Lipinski definition) is 1. The third-order valence-electron chi connectivity index (χ3n) is 2.69. The van der Waals surface area contributed by atoms with Crippen LogP contribution in [0.3, 0.4) is 0 Å². The number of nitrogens with two attached hydrogens (primary N) is 1. The molecule has 0 bridgehead atoms. The first-order valence-corrected chi connectivity index (χ1v) is 6.08. The molecular weight excluding hydrogens is 242 g/mol. The Bertz CT molecular complexity index is 370. The quantitative estimate of drug-likeness (QED) is 0.840. The number of aryl methyl sites for hydroxylation is 1. The number of hydrogen-bond acceptors (Lipinski definition) is 6. The highest BCUT2D eigenvalue weighted by Gasteiger charge is 2.10. The van der Waals surface area contributed by atoms with Crippen LogP contribution in [-0.4, -0.2) is 52.9 Å². The molecule has 1 aliphatic heterocycles. The third-order valence-corrected chi connectivity index (χ3v) is 2.96. The van der Waals surface area contributed by atoms with Gasteiger partial charge in [0.2, 0.25) is 0 Å². The van der Waals surface area contributed by atoms with E-state index in [4.69, 9.17) is 22.1 Å². The van der Waals surface area contributed by atoms with E-state index in [1.165, 1.54) is 0 Å². The number of morpholine rings is 1. The van der Waals surface area contributed by atoms with E-state index in [2.05, 4.69) is 20.1 Å². The van der Waals surface area contributed by atoms with E-state index in [-0.39, 0.29) is 11.0 Å². The minimum atomic E-state index is 0.168. The second kappa shape index (κ2) is 6.09. The lowest BCUT2D eigenvalue weighted by Gasteiger charge is -2.26. The van der Waals surface area contributed by atoms with E-state index >= 15 is 0 Å². The molecule has 6 nitrogen and oxygen atoms in total. The number of anilines is 1. The van der Waals surface area contributed by atoms with Crippen molar-refractivity contribution in [2.45, 2.75) is 12.8 Å². The van der Waals surface area contributed by atoms with Crippen LogP contribution in [0.5, 0.6) is 0 Å². The van der Waals surface area contributed by atoms with E-state index in [0.717, 1.165) is 45.7 Å². The Morgan fingerprint density at radius 3 is 2.76 bits per heavy atom. The van der Waals surface area contributed by atoms with E-state index < -0.39 is 0 Å². The summed E-state index contributed by atoms with van der Waals surface area (Å²) in [7, 11) is 0. The van der Waals surface area contributed by atoms with Crippen LogP contribution in [0.4, 0.5) is 5.82 Å². The molecule has 17 heavy (non-hydrogen) atoms. The lowest BCUT2D eigenvalue weighted by molar-refractivity contribution is 0.0374. The highest BCUT2D eigenvalue weighted by Crippen LogP contribution is 2.10.